The Morgan fingerprint density at radius 3 is 2.80 bits per heavy atom. The van der Waals surface area contributed by atoms with Gasteiger partial charge in [-0.15, -0.1) is 0 Å². The number of aromatic nitrogens is 3. The van der Waals surface area contributed by atoms with Crippen LogP contribution in [0.25, 0.3) is 0 Å². The van der Waals surface area contributed by atoms with E-state index in [1.165, 1.54) is 0 Å². The maximum Gasteiger partial charge on any atom is 0.267 e. The van der Waals surface area contributed by atoms with Crippen molar-refractivity contribution in [1.82, 2.24) is 24.7 Å². The second kappa shape index (κ2) is 7.72. The molecule has 4 rings (SSSR count). The summed E-state index contributed by atoms with van der Waals surface area (Å²) in [7, 11) is 0. The van der Waals surface area contributed by atoms with Crippen molar-refractivity contribution in [1.29, 1.82) is 0 Å². The maximum atomic E-state index is 12.2. The Hall–Kier alpha value is -1.64. The molecule has 1 saturated heterocycles. The largest absolute Gasteiger partial charge is 0.360 e. The lowest BCUT2D eigenvalue weighted by atomic mass is 10.2. The van der Waals surface area contributed by atoms with Crippen LogP contribution in [-0.2, 0) is 25.3 Å². The Morgan fingerprint density at radius 2 is 2.00 bits per heavy atom. The van der Waals surface area contributed by atoms with Crippen LogP contribution in [0, 0.1) is 0 Å². The molecule has 2 aromatic heterocycles. The van der Waals surface area contributed by atoms with Crippen LogP contribution in [0.3, 0.4) is 0 Å². The second-order valence-corrected chi connectivity index (χ2v) is 7.68. The summed E-state index contributed by atoms with van der Waals surface area (Å²) < 4.78 is 6.82. The molecule has 2 aliphatic heterocycles. The molecular formula is C17H23N5O2S. The van der Waals surface area contributed by atoms with Gasteiger partial charge in [0.15, 0.2) is 5.76 Å². The van der Waals surface area contributed by atoms with Gasteiger partial charge in [0.2, 0.25) is 0 Å². The summed E-state index contributed by atoms with van der Waals surface area (Å²) in [6.45, 7) is 6.37. The van der Waals surface area contributed by atoms with Crippen molar-refractivity contribution in [3.8, 4) is 0 Å². The Kier molecular flexibility index (Phi) is 5.19. The van der Waals surface area contributed by atoms with E-state index in [2.05, 4.69) is 20.1 Å². The summed E-state index contributed by atoms with van der Waals surface area (Å²) in [6, 6.07) is 3.70. The molecular weight excluding hydrogens is 338 g/mol. The van der Waals surface area contributed by atoms with Gasteiger partial charge in [0.05, 0.1) is 25.0 Å². The highest BCUT2D eigenvalue weighted by Gasteiger charge is 2.19. The average molecular weight is 361 g/mol. The molecule has 1 fully saturated rings. The number of hydrogen-bond donors (Lipinski definition) is 0. The highest BCUT2D eigenvalue weighted by molar-refractivity contribution is 7.98. The Labute approximate surface area is 151 Å². The van der Waals surface area contributed by atoms with Crippen molar-refractivity contribution in [3.05, 3.63) is 45.7 Å². The average Bonchev–Trinajstić information content (AvgIpc) is 3.14. The van der Waals surface area contributed by atoms with Gasteiger partial charge < -0.3 is 4.52 Å². The molecule has 0 aliphatic carbocycles. The lowest BCUT2D eigenvalue weighted by Crippen LogP contribution is -2.47. The number of fused-ring (bicyclic) bond motifs is 1. The summed E-state index contributed by atoms with van der Waals surface area (Å²) >= 11 is 1.88. The summed E-state index contributed by atoms with van der Waals surface area (Å²) in [6.07, 6.45) is 2.66. The Balaban J connectivity index is 1.29. The van der Waals surface area contributed by atoms with Gasteiger partial charge in [-0.25, -0.2) is 4.68 Å². The molecule has 2 aliphatic rings. The van der Waals surface area contributed by atoms with Crippen molar-refractivity contribution in [2.45, 2.75) is 25.3 Å². The van der Waals surface area contributed by atoms with Crippen molar-refractivity contribution < 1.29 is 4.52 Å². The van der Waals surface area contributed by atoms with Gasteiger partial charge in [-0.05, 0) is 11.3 Å². The van der Waals surface area contributed by atoms with Crippen LogP contribution in [0.5, 0.6) is 0 Å². The molecule has 25 heavy (non-hydrogen) atoms. The van der Waals surface area contributed by atoms with Gasteiger partial charge in [0.25, 0.3) is 5.56 Å². The first-order chi connectivity index (χ1) is 12.3. The van der Waals surface area contributed by atoms with Crippen LogP contribution < -0.4 is 5.56 Å². The highest BCUT2D eigenvalue weighted by Crippen LogP contribution is 2.21. The molecule has 0 saturated carbocycles. The molecule has 0 amide bonds. The van der Waals surface area contributed by atoms with Crippen molar-refractivity contribution in [3.63, 3.8) is 0 Å². The molecule has 0 aromatic carbocycles. The number of thioether (sulfide) groups is 1. The molecule has 0 bridgehead atoms. The minimum Gasteiger partial charge on any atom is -0.360 e. The molecule has 7 nitrogen and oxygen atoms in total. The van der Waals surface area contributed by atoms with Gasteiger partial charge in [-0.2, -0.15) is 16.9 Å². The van der Waals surface area contributed by atoms with Crippen LogP contribution >= 0.6 is 11.8 Å². The number of aryl methyl sites for hydroxylation is 1. The second-order valence-electron chi connectivity index (χ2n) is 6.58. The van der Waals surface area contributed by atoms with Gasteiger partial charge >= 0.3 is 0 Å². The number of nitrogens with zero attached hydrogens (tertiary/aromatic N) is 5. The van der Waals surface area contributed by atoms with E-state index in [0.29, 0.717) is 6.54 Å². The quantitative estimate of drug-likeness (QED) is 0.782. The standard InChI is InChI=1S/C17H23N5O2S/c23-17-11-14-13-25-10-2-16(14)19-22(17)9-8-20-4-6-21(7-5-20)12-15-1-3-18-24-15/h1,3,11H,2,4-10,12-13H2. The molecule has 0 unspecified atom stereocenters. The normalized spacial score (nSPS) is 19.0. The summed E-state index contributed by atoms with van der Waals surface area (Å²) in [5.74, 6) is 2.94. The summed E-state index contributed by atoms with van der Waals surface area (Å²) in [5.41, 5.74) is 2.26. The summed E-state index contributed by atoms with van der Waals surface area (Å²) in [5, 5.41) is 8.35. The van der Waals surface area contributed by atoms with Crippen molar-refractivity contribution in [2.24, 2.45) is 0 Å². The first kappa shape index (κ1) is 16.8. The van der Waals surface area contributed by atoms with Gasteiger partial charge in [-0.3, -0.25) is 14.6 Å². The van der Waals surface area contributed by atoms with E-state index in [4.69, 9.17) is 4.52 Å². The molecule has 8 heteroatoms. The lowest BCUT2D eigenvalue weighted by molar-refractivity contribution is 0.114. The molecule has 0 N–H and O–H groups in total. The monoisotopic (exact) mass is 361 g/mol. The molecule has 134 valence electrons. The SMILES string of the molecule is O=c1cc2c(nn1CCN1CCN(Cc3ccno3)CC1)CCSC2. The number of hydrogen-bond acceptors (Lipinski definition) is 7. The zero-order valence-electron chi connectivity index (χ0n) is 14.3. The van der Waals surface area contributed by atoms with Gasteiger partial charge in [0.1, 0.15) is 0 Å². The third-order valence-electron chi connectivity index (χ3n) is 4.87. The fraction of sp³-hybridized carbons (Fsp3) is 0.588. The molecule has 2 aromatic rings. The van der Waals surface area contributed by atoms with E-state index in [9.17, 15) is 4.79 Å². The van der Waals surface area contributed by atoms with E-state index in [1.54, 1.807) is 16.9 Å². The minimum absolute atomic E-state index is 0.0326. The Morgan fingerprint density at radius 1 is 1.16 bits per heavy atom. The highest BCUT2D eigenvalue weighted by atomic mass is 32.2. The summed E-state index contributed by atoms with van der Waals surface area (Å²) in [4.78, 5) is 17.0. The third-order valence-corrected chi connectivity index (χ3v) is 5.88. The fourth-order valence-electron chi connectivity index (χ4n) is 3.36. The number of rotatable bonds is 5. The minimum atomic E-state index is 0.0326. The van der Waals surface area contributed by atoms with E-state index >= 15 is 0 Å². The van der Waals surface area contributed by atoms with Crippen LogP contribution in [0.1, 0.15) is 17.0 Å². The third kappa shape index (κ3) is 4.13. The van der Waals surface area contributed by atoms with Gasteiger partial charge in [-0.1, -0.05) is 5.16 Å². The van der Waals surface area contributed by atoms with E-state index in [0.717, 1.165) is 74.2 Å². The van der Waals surface area contributed by atoms with Crippen molar-refractivity contribution in [2.75, 3.05) is 38.5 Å². The van der Waals surface area contributed by atoms with E-state index < -0.39 is 0 Å². The first-order valence-electron chi connectivity index (χ1n) is 8.80. The van der Waals surface area contributed by atoms with Crippen LogP contribution in [0.15, 0.2) is 27.6 Å². The zero-order valence-corrected chi connectivity index (χ0v) is 15.1. The van der Waals surface area contributed by atoms with Gasteiger partial charge in [0, 0.05) is 57.0 Å². The van der Waals surface area contributed by atoms with Crippen LogP contribution in [0.2, 0.25) is 0 Å². The first-order valence-corrected chi connectivity index (χ1v) is 9.95. The predicted octanol–water partition coefficient (Wildman–Crippen LogP) is 0.838. The van der Waals surface area contributed by atoms with Crippen molar-refractivity contribution >= 4 is 11.8 Å². The molecule has 4 heterocycles. The maximum absolute atomic E-state index is 12.2. The smallest absolute Gasteiger partial charge is 0.267 e. The van der Waals surface area contributed by atoms with E-state index in [-0.39, 0.29) is 5.56 Å². The predicted molar refractivity (Wildman–Crippen MR) is 96.6 cm³/mol. The lowest BCUT2D eigenvalue weighted by Gasteiger charge is -2.34. The number of piperazine rings is 1. The topological polar surface area (TPSA) is 67.4 Å². The van der Waals surface area contributed by atoms with E-state index in [1.807, 2.05) is 17.8 Å². The Bertz CT molecular complexity index is 753. The fourth-order valence-corrected chi connectivity index (χ4v) is 4.32. The molecule has 0 spiro atoms. The molecule has 0 atom stereocenters. The zero-order chi connectivity index (χ0) is 17.1. The van der Waals surface area contributed by atoms with Crippen LogP contribution in [-0.4, -0.2) is 63.2 Å². The molecule has 0 radical (unpaired) electrons. The van der Waals surface area contributed by atoms with Crippen LogP contribution in [0.4, 0.5) is 0 Å².